The van der Waals surface area contributed by atoms with Crippen molar-refractivity contribution in [2.75, 3.05) is 30.8 Å². The van der Waals surface area contributed by atoms with Crippen molar-refractivity contribution in [3.63, 3.8) is 0 Å². The average molecular weight is 505 g/mol. The van der Waals surface area contributed by atoms with Gasteiger partial charge in [-0.25, -0.2) is 9.97 Å². The fourth-order valence-corrected chi connectivity index (χ4v) is 4.24. The summed E-state index contributed by atoms with van der Waals surface area (Å²) < 4.78 is 47.9. The lowest BCUT2D eigenvalue weighted by Gasteiger charge is -2.20. The molecule has 3 heterocycles. The van der Waals surface area contributed by atoms with Gasteiger partial charge in [0.2, 0.25) is 5.91 Å². The minimum atomic E-state index is -4.59. The highest BCUT2D eigenvalue weighted by Crippen LogP contribution is 2.34. The third-order valence-corrected chi connectivity index (χ3v) is 6.07. The second-order valence-corrected chi connectivity index (χ2v) is 9.01. The number of hydrogen-bond acceptors (Lipinski definition) is 7. The molecule has 36 heavy (non-hydrogen) atoms. The SMILES string of the molecule is CC(=O)Nc1cc(C(C)Nc2ncnc3c2cc(O[C@@H]2CCN(C)C2)c(=O)n3C)cc(C(F)(F)F)c1. The van der Waals surface area contributed by atoms with Crippen LogP contribution in [0.3, 0.4) is 0 Å². The van der Waals surface area contributed by atoms with E-state index in [1.54, 1.807) is 20.0 Å². The van der Waals surface area contributed by atoms with E-state index < -0.39 is 23.7 Å². The van der Waals surface area contributed by atoms with Gasteiger partial charge in [0.1, 0.15) is 23.9 Å². The van der Waals surface area contributed by atoms with Crippen molar-refractivity contribution in [2.45, 2.75) is 38.6 Å². The van der Waals surface area contributed by atoms with Crippen molar-refractivity contribution in [2.24, 2.45) is 7.05 Å². The molecule has 1 aromatic carbocycles. The number of rotatable bonds is 6. The number of aryl methyl sites for hydroxylation is 1. The van der Waals surface area contributed by atoms with Gasteiger partial charge in [-0.3, -0.25) is 14.2 Å². The molecule has 2 N–H and O–H groups in total. The summed E-state index contributed by atoms with van der Waals surface area (Å²) in [6, 6.07) is 4.31. The Morgan fingerprint density at radius 3 is 2.58 bits per heavy atom. The van der Waals surface area contributed by atoms with E-state index in [1.807, 2.05) is 7.05 Å². The first-order valence-corrected chi connectivity index (χ1v) is 11.4. The first-order valence-electron chi connectivity index (χ1n) is 11.4. The van der Waals surface area contributed by atoms with Crippen molar-refractivity contribution in [1.82, 2.24) is 19.4 Å². The number of nitrogens with zero attached hydrogens (tertiary/aromatic N) is 4. The molecular weight excluding hydrogens is 477 g/mol. The van der Waals surface area contributed by atoms with E-state index >= 15 is 0 Å². The number of benzene rings is 1. The van der Waals surface area contributed by atoms with Crippen LogP contribution < -0.4 is 20.9 Å². The molecule has 12 heteroatoms. The van der Waals surface area contributed by atoms with Gasteiger partial charge in [0, 0.05) is 38.8 Å². The maximum atomic E-state index is 13.5. The molecule has 0 radical (unpaired) electrons. The van der Waals surface area contributed by atoms with Crippen LogP contribution in [0.4, 0.5) is 24.7 Å². The van der Waals surface area contributed by atoms with Gasteiger partial charge in [-0.1, -0.05) is 0 Å². The number of fused-ring (bicyclic) bond motifs is 1. The van der Waals surface area contributed by atoms with Gasteiger partial charge in [-0.2, -0.15) is 13.2 Å². The highest BCUT2D eigenvalue weighted by molar-refractivity contribution is 5.89. The summed E-state index contributed by atoms with van der Waals surface area (Å²) >= 11 is 0. The Hall–Kier alpha value is -3.67. The molecule has 1 aliphatic heterocycles. The predicted molar refractivity (Wildman–Crippen MR) is 129 cm³/mol. The van der Waals surface area contributed by atoms with Crippen molar-refractivity contribution < 1.29 is 22.7 Å². The Balaban J connectivity index is 1.70. The smallest absolute Gasteiger partial charge is 0.416 e. The summed E-state index contributed by atoms with van der Waals surface area (Å²) in [5.41, 5.74) is -0.551. The van der Waals surface area contributed by atoms with E-state index in [0.29, 0.717) is 23.4 Å². The molecule has 1 amide bonds. The molecule has 2 aromatic heterocycles. The van der Waals surface area contributed by atoms with Crippen LogP contribution >= 0.6 is 0 Å². The van der Waals surface area contributed by atoms with Crippen LogP contribution in [0.2, 0.25) is 0 Å². The number of pyridine rings is 1. The van der Waals surface area contributed by atoms with Crippen LogP contribution in [0.15, 0.2) is 35.4 Å². The topological polar surface area (TPSA) is 101 Å². The molecule has 0 bridgehead atoms. The minimum Gasteiger partial charge on any atom is -0.483 e. The average Bonchev–Trinajstić information content (AvgIpc) is 3.21. The summed E-state index contributed by atoms with van der Waals surface area (Å²) in [6.45, 7) is 4.46. The van der Waals surface area contributed by atoms with Gasteiger partial charge < -0.3 is 20.3 Å². The van der Waals surface area contributed by atoms with E-state index in [9.17, 15) is 22.8 Å². The van der Waals surface area contributed by atoms with Gasteiger partial charge in [-0.15, -0.1) is 0 Å². The lowest BCUT2D eigenvalue weighted by Crippen LogP contribution is -2.27. The molecule has 3 aromatic rings. The first kappa shape index (κ1) is 25.4. The Kier molecular flexibility index (Phi) is 6.90. The van der Waals surface area contributed by atoms with E-state index in [1.165, 1.54) is 23.9 Å². The molecule has 0 spiro atoms. The number of anilines is 2. The van der Waals surface area contributed by atoms with Crippen molar-refractivity contribution in [3.05, 3.63) is 52.1 Å². The number of carbonyl (C=O) groups excluding carboxylic acids is 1. The molecule has 192 valence electrons. The van der Waals surface area contributed by atoms with Crippen LogP contribution in [0.1, 0.15) is 37.4 Å². The molecule has 4 rings (SSSR count). The minimum absolute atomic E-state index is 0.0353. The number of likely N-dealkylation sites (tertiary alicyclic amines) is 1. The molecule has 1 saturated heterocycles. The fraction of sp³-hybridized carbons (Fsp3) is 0.417. The summed E-state index contributed by atoms with van der Waals surface area (Å²) in [4.78, 5) is 34.9. The number of alkyl halides is 3. The Labute approximate surface area is 205 Å². The lowest BCUT2D eigenvalue weighted by atomic mass is 10.0. The summed E-state index contributed by atoms with van der Waals surface area (Å²) in [7, 11) is 3.55. The zero-order chi connectivity index (χ0) is 26.2. The van der Waals surface area contributed by atoms with E-state index in [2.05, 4.69) is 25.5 Å². The first-order chi connectivity index (χ1) is 16.9. The number of amides is 1. The monoisotopic (exact) mass is 504 g/mol. The Morgan fingerprint density at radius 2 is 1.94 bits per heavy atom. The highest BCUT2D eigenvalue weighted by Gasteiger charge is 2.32. The molecule has 1 fully saturated rings. The zero-order valence-electron chi connectivity index (χ0n) is 20.3. The molecule has 9 nitrogen and oxygen atoms in total. The number of likely N-dealkylation sites (N-methyl/N-ethyl adjacent to an activating group) is 1. The van der Waals surface area contributed by atoms with Crippen LogP contribution in [-0.4, -0.2) is 51.6 Å². The Bertz CT molecular complexity index is 1360. The molecule has 0 aliphatic carbocycles. The molecule has 2 atom stereocenters. The van der Waals surface area contributed by atoms with Gasteiger partial charge >= 0.3 is 6.18 Å². The third-order valence-electron chi connectivity index (χ3n) is 6.07. The normalized spacial score (nSPS) is 17.2. The number of halogens is 3. The lowest BCUT2D eigenvalue weighted by molar-refractivity contribution is -0.137. The number of aromatic nitrogens is 3. The fourth-order valence-electron chi connectivity index (χ4n) is 4.24. The number of carbonyl (C=O) groups is 1. The Morgan fingerprint density at radius 1 is 1.19 bits per heavy atom. The molecule has 1 aliphatic rings. The van der Waals surface area contributed by atoms with Crippen LogP contribution in [-0.2, 0) is 18.0 Å². The van der Waals surface area contributed by atoms with Crippen molar-refractivity contribution in [1.29, 1.82) is 0 Å². The van der Waals surface area contributed by atoms with Gasteiger partial charge in [0.25, 0.3) is 5.56 Å². The second-order valence-electron chi connectivity index (χ2n) is 9.01. The number of hydrogen-bond donors (Lipinski definition) is 2. The standard InChI is InChI=1S/C24H27F3N6O3/c1-13(15-7-16(24(25,26)27)9-17(8-15)31-14(2)34)30-21-19-10-20(36-18-5-6-32(3)11-18)23(35)33(4)22(19)29-12-28-21/h7-10,12-13,18H,5-6,11H2,1-4H3,(H,31,34)(H,28,29,30)/t13?,18-/m1/s1. The molecular formula is C24H27F3N6O3. The van der Waals surface area contributed by atoms with Gasteiger partial charge in [-0.05, 0) is 44.2 Å². The quantitative estimate of drug-likeness (QED) is 0.529. The van der Waals surface area contributed by atoms with Gasteiger partial charge in [0.05, 0.1) is 17.0 Å². The predicted octanol–water partition coefficient (Wildman–Crippen LogP) is 3.56. The number of nitrogens with one attached hydrogen (secondary N) is 2. The summed E-state index contributed by atoms with van der Waals surface area (Å²) in [5.74, 6) is 0.00220. The van der Waals surface area contributed by atoms with E-state index in [0.717, 1.165) is 25.1 Å². The van der Waals surface area contributed by atoms with Crippen molar-refractivity contribution in [3.8, 4) is 5.75 Å². The zero-order valence-corrected chi connectivity index (χ0v) is 20.3. The largest absolute Gasteiger partial charge is 0.483 e. The third kappa shape index (κ3) is 5.43. The highest BCUT2D eigenvalue weighted by atomic mass is 19.4. The summed E-state index contributed by atoms with van der Waals surface area (Å²) in [5, 5.41) is 6.03. The van der Waals surface area contributed by atoms with Gasteiger partial charge in [0.15, 0.2) is 5.75 Å². The maximum absolute atomic E-state index is 13.5. The molecule has 1 unspecified atom stereocenters. The van der Waals surface area contributed by atoms with E-state index in [4.69, 9.17) is 4.74 Å². The van der Waals surface area contributed by atoms with Crippen LogP contribution in [0, 0.1) is 0 Å². The van der Waals surface area contributed by atoms with Crippen molar-refractivity contribution >= 4 is 28.4 Å². The van der Waals surface area contributed by atoms with Crippen LogP contribution in [0.25, 0.3) is 11.0 Å². The number of ether oxygens (including phenoxy) is 1. The molecule has 0 saturated carbocycles. The second kappa shape index (κ2) is 9.76. The van der Waals surface area contributed by atoms with E-state index in [-0.39, 0.29) is 28.7 Å². The maximum Gasteiger partial charge on any atom is 0.416 e. The summed E-state index contributed by atoms with van der Waals surface area (Å²) in [6.07, 6.45) is -2.66. The van der Waals surface area contributed by atoms with Crippen LogP contribution in [0.5, 0.6) is 5.75 Å².